The number of nitrogens with one attached hydrogen (secondary N) is 2. The van der Waals surface area contributed by atoms with Gasteiger partial charge in [0.2, 0.25) is 11.9 Å². The summed E-state index contributed by atoms with van der Waals surface area (Å²) in [5.74, 6) is -2.56. The van der Waals surface area contributed by atoms with Crippen LogP contribution in [0.1, 0.15) is 43.8 Å². The fourth-order valence-electron chi connectivity index (χ4n) is 4.35. The highest BCUT2D eigenvalue weighted by Crippen LogP contribution is 2.39. The highest BCUT2D eigenvalue weighted by molar-refractivity contribution is 5.91. The van der Waals surface area contributed by atoms with E-state index in [0.717, 1.165) is 0 Å². The fourth-order valence-corrected chi connectivity index (χ4v) is 4.35. The van der Waals surface area contributed by atoms with Gasteiger partial charge in [0.15, 0.2) is 23.5 Å². The number of carbonyl (C=O) groups excluding carboxylic acids is 3. The Morgan fingerprint density at radius 1 is 1.27 bits per heavy atom. The fraction of sp³-hybridized carbons (Fsp3) is 0.440. The van der Waals surface area contributed by atoms with E-state index in [9.17, 15) is 19.2 Å². The van der Waals surface area contributed by atoms with Gasteiger partial charge in [0.1, 0.15) is 12.7 Å². The molecule has 1 aliphatic rings. The lowest BCUT2D eigenvalue weighted by molar-refractivity contribution is -0.153. The maximum Gasteiger partial charge on any atom is 0.338 e. The lowest BCUT2D eigenvalue weighted by Crippen LogP contribution is -2.33. The zero-order chi connectivity index (χ0) is 28.8. The Morgan fingerprint density at radius 2 is 2.02 bits per heavy atom. The molecule has 1 aromatic carbocycles. The molecule has 0 aliphatic carbocycles. The van der Waals surface area contributed by atoms with E-state index < -0.39 is 41.9 Å². The number of hydrogen-bond donors (Lipinski definition) is 2. The lowest BCUT2D eigenvalue weighted by atomic mass is 9.94. The van der Waals surface area contributed by atoms with Gasteiger partial charge in [-0.3, -0.25) is 29.3 Å². The third kappa shape index (κ3) is 6.27. The van der Waals surface area contributed by atoms with Crippen LogP contribution in [0.4, 0.5) is 5.95 Å². The van der Waals surface area contributed by atoms with E-state index in [2.05, 4.69) is 30.3 Å². The van der Waals surface area contributed by atoms with Crippen LogP contribution in [-0.4, -0.2) is 62.7 Å². The number of azide groups is 1. The number of aromatic nitrogens is 4. The van der Waals surface area contributed by atoms with E-state index in [1.165, 1.54) is 17.8 Å². The molecule has 15 nitrogen and oxygen atoms in total. The van der Waals surface area contributed by atoms with Crippen molar-refractivity contribution in [1.82, 2.24) is 19.5 Å². The SMILES string of the molecule is CC(=O)O[C@@H]1[C@H](CCN=[N+]=[N-])[C@@H](COC(=O)c2ccccc2)O[C@H]1n1cnc2c(=O)[nH]c(NC(=O)C(C)C)nc21. The van der Waals surface area contributed by atoms with Gasteiger partial charge in [-0.2, -0.15) is 4.98 Å². The lowest BCUT2D eigenvalue weighted by Gasteiger charge is -2.24. The summed E-state index contributed by atoms with van der Waals surface area (Å²) >= 11 is 0. The van der Waals surface area contributed by atoms with Crippen molar-refractivity contribution in [2.24, 2.45) is 17.0 Å². The molecule has 40 heavy (non-hydrogen) atoms. The third-order valence-corrected chi connectivity index (χ3v) is 6.28. The molecule has 4 rings (SSSR count). The van der Waals surface area contributed by atoms with Crippen molar-refractivity contribution in [3.8, 4) is 0 Å². The van der Waals surface area contributed by atoms with Crippen molar-refractivity contribution in [2.75, 3.05) is 18.5 Å². The Balaban J connectivity index is 1.69. The zero-order valence-electron chi connectivity index (χ0n) is 22.0. The van der Waals surface area contributed by atoms with Crippen LogP contribution in [-0.2, 0) is 23.8 Å². The number of amides is 1. The number of hydrogen-bond acceptors (Lipinski definition) is 10. The first-order valence-electron chi connectivity index (χ1n) is 12.5. The Bertz CT molecular complexity index is 1500. The van der Waals surface area contributed by atoms with Crippen molar-refractivity contribution in [1.29, 1.82) is 0 Å². The zero-order valence-corrected chi connectivity index (χ0v) is 22.0. The molecule has 0 spiro atoms. The Kier molecular flexibility index (Phi) is 8.76. The van der Waals surface area contributed by atoms with E-state index in [4.69, 9.17) is 19.7 Å². The number of benzene rings is 1. The van der Waals surface area contributed by atoms with Gasteiger partial charge >= 0.3 is 11.9 Å². The number of rotatable bonds is 10. The van der Waals surface area contributed by atoms with Crippen LogP contribution in [0.15, 0.2) is 46.6 Å². The number of anilines is 1. The van der Waals surface area contributed by atoms with Gasteiger partial charge in [0, 0.05) is 30.2 Å². The van der Waals surface area contributed by atoms with E-state index in [-0.39, 0.29) is 48.5 Å². The van der Waals surface area contributed by atoms with Crippen molar-refractivity contribution >= 4 is 35.0 Å². The quantitative estimate of drug-likeness (QED) is 0.164. The molecular formula is C25H28N8O7. The third-order valence-electron chi connectivity index (χ3n) is 6.28. The molecule has 3 aromatic rings. The summed E-state index contributed by atoms with van der Waals surface area (Å²) < 4.78 is 18.8. The molecule has 1 fully saturated rings. The number of aromatic amines is 1. The van der Waals surface area contributed by atoms with Gasteiger partial charge in [-0.15, -0.1) is 0 Å². The minimum atomic E-state index is -1.03. The van der Waals surface area contributed by atoms with Gasteiger partial charge in [-0.25, -0.2) is 9.78 Å². The van der Waals surface area contributed by atoms with Crippen LogP contribution < -0.4 is 10.9 Å². The predicted molar refractivity (Wildman–Crippen MR) is 140 cm³/mol. The summed E-state index contributed by atoms with van der Waals surface area (Å²) in [5.41, 5.74) is 8.57. The number of fused-ring (bicyclic) bond motifs is 1. The summed E-state index contributed by atoms with van der Waals surface area (Å²) in [5, 5.41) is 6.14. The second kappa shape index (κ2) is 12.4. The number of H-pyrrole nitrogens is 1. The van der Waals surface area contributed by atoms with Crippen molar-refractivity contribution in [3.05, 3.63) is 63.0 Å². The molecule has 0 saturated carbocycles. The van der Waals surface area contributed by atoms with E-state index in [1.807, 2.05) is 0 Å². The molecule has 1 amide bonds. The number of esters is 2. The van der Waals surface area contributed by atoms with Gasteiger partial charge in [-0.1, -0.05) is 37.2 Å². The molecule has 4 atom stereocenters. The van der Waals surface area contributed by atoms with Gasteiger partial charge in [0.25, 0.3) is 5.56 Å². The second-order valence-corrected chi connectivity index (χ2v) is 9.39. The first-order chi connectivity index (χ1) is 19.2. The van der Waals surface area contributed by atoms with Crippen molar-refractivity contribution in [3.63, 3.8) is 0 Å². The van der Waals surface area contributed by atoms with Crippen molar-refractivity contribution in [2.45, 2.75) is 45.6 Å². The smallest absolute Gasteiger partial charge is 0.338 e. The van der Waals surface area contributed by atoms with Gasteiger partial charge < -0.3 is 14.2 Å². The highest BCUT2D eigenvalue weighted by atomic mass is 16.6. The second-order valence-electron chi connectivity index (χ2n) is 9.39. The topological polar surface area (TPSA) is 203 Å². The van der Waals surface area contributed by atoms with Crippen LogP contribution in [0.25, 0.3) is 21.6 Å². The normalized spacial score (nSPS) is 20.2. The summed E-state index contributed by atoms with van der Waals surface area (Å²) in [6, 6.07) is 8.39. The predicted octanol–water partition coefficient (Wildman–Crippen LogP) is 2.72. The van der Waals surface area contributed by atoms with Crippen LogP contribution >= 0.6 is 0 Å². The molecule has 2 aromatic heterocycles. The average Bonchev–Trinajstić information content (AvgIpc) is 3.49. The number of imidazole rings is 1. The van der Waals surface area contributed by atoms with Crippen molar-refractivity contribution < 1.29 is 28.6 Å². The largest absolute Gasteiger partial charge is 0.459 e. The molecule has 1 saturated heterocycles. The minimum Gasteiger partial charge on any atom is -0.459 e. The summed E-state index contributed by atoms with van der Waals surface area (Å²) in [6.07, 6.45) is -1.21. The minimum absolute atomic E-state index is 0.0303. The molecular weight excluding hydrogens is 524 g/mol. The molecule has 0 radical (unpaired) electrons. The molecule has 1 aliphatic heterocycles. The maximum absolute atomic E-state index is 12.7. The maximum atomic E-state index is 12.7. The first kappa shape index (κ1) is 28.3. The number of ether oxygens (including phenoxy) is 3. The van der Waals surface area contributed by atoms with Gasteiger partial charge in [0.05, 0.1) is 11.9 Å². The summed E-state index contributed by atoms with van der Waals surface area (Å²) in [4.78, 5) is 63.4. The average molecular weight is 553 g/mol. The monoisotopic (exact) mass is 552 g/mol. The molecule has 0 bridgehead atoms. The van der Waals surface area contributed by atoms with Crippen LogP contribution in [0, 0.1) is 11.8 Å². The van der Waals surface area contributed by atoms with Gasteiger partial charge in [-0.05, 0) is 24.1 Å². The molecule has 210 valence electrons. The van der Waals surface area contributed by atoms with E-state index in [1.54, 1.807) is 44.2 Å². The molecule has 3 heterocycles. The highest BCUT2D eigenvalue weighted by Gasteiger charge is 2.48. The van der Waals surface area contributed by atoms with Crippen LogP contribution in [0.2, 0.25) is 0 Å². The molecule has 2 N–H and O–H groups in total. The van der Waals surface area contributed by atoms with E-state index in [0.29, 0.717) is 5.56 Å². The Labute approximate surface area is 227 Å². The molecule has 0 unspecified atom stereocenters. The summed E-state index contributed by atoms with van der Waals surface area (Å²) in [7, 11) is 0. The Morgan fingerprint density at radius 3 is 2.70 bits per heavy atom. The number of carbonyl (C=O) groups is 3. The standard InChI is InChI=1S/C25H28N8O7/c1-13(2)21(35)30-25-29-20-18(22(36)31-25)27-12-33(20)23-19(39-14(3)34)16(9-10-28-32-26)17(40-23)11-38-24(37)15-7-5-4-6-8-15/h4-8,12-13,16-17,19,23H,9-11H2,1-3H3,(H2,29,30,31,35,36)/t16-,17-,19-,23-/m1/s1. The first-order valence-corrected chi connectivity index (χ1v) is 12.5. The van der Waals surface area contributed by atoms with Crippen LogP contribution in [0.3, 0.4) is 0 Å². The number of nitrogens with zero attached hydrogens (tertiary/aromatic N) is 6. The van der Waals surface area contributed by atoms with E-state index >= 15 is 0 Å². The Hall–Kier alpha value is -4.75. The van der Waals surface area contributed by atoms with Crippen LogP contribution in [0.5, 0.6) is 0 Å². The molecule has 15 heteroatoms. The summed E-state index contributed by atoms with van der Waals surface area (Å²) in [6.45, 7) is 4.48.